The summed E-state index contributed by atoms with van der Waals surface area (Å²) >= 11 is 3.46. The number of hydrogen-bond donors (Lipinski definition) is 1. The van der Waals surface area contributed by atoms with Gasteiger partial charge < -0.3 is 10.6 Å². The van der Waals surface area contributed by atoms with Crippen molar-refractivity contribution < 1.29 is 4.79 Å². The highest BCUT2D eigenvalue weighted by molar-refractivity contribution is 9.10. The Labute approximate surface area is 135 Å². The molecule has 1 aliphatic heterocycles. The minimum absolute atomic E-state index is 0.00368. The molecule has 0 radical (unpaired) electrons. The van der Waals surface area contributed by atoms with Crippen molar-refractivity contribution in [2.75, 3.05) is 13.1 Å². The van der Waals surface area contributed by atoms with Crippen LogP contribution in [0, 0.1) is 5.41 Å². The van der Waals surface area contributed by atoms with Crippen LogP contribution in [0.1, 0.15) is 38.7 Å². The van der Waals surface area contributed by atoms with Crippen molar-refractivity contribution in [1.29, 1.82) is 0 Å². The number of hydrogen-bond acceptors (Lipinski definition) is 2. The summed E-state index contributed by atoms with van der Waals surface area (Å²) in [4.78, 5) is 15.1. The summed E-state index contributed by atoms with van der Waals surface area (Å²) in [7, 11) is 0. The van der Waals surface area contributed by atoms with Gasteiger partial charge in [0.05, 0.1) is 5.41 Å². The van der Waals surface area contributed by atoms with Crippen LogP contribution in [-0.2, 0) is 10.2 Å². The fourth-order valence-corrected chi connectivity index (χ4v) is 3.63. The number of halogens is 1. The monoisotopic (exact) mass is 350 g/mol. The molecule has 0 bridgehead atoms. The van der Waals surface area contributed by atoms with Crippen LogP contribution in [0.3, 0.4) is 0 Å². The fourth-order valence-electron chi connectivity index (χ4n) is 3.37. The van der Waals surface area contributed by atoms with Gasteiger partial charge in [-0.3, -0.25) is 4.79 Å². The molecule has 1 unspecified atom stereocenters. The van der Waals surface area contributed by atoms with Crippen molar-refractivity contribution >= 4 is 21.8 Å². The molecule has 2 fully saturated rings. The van der Waals surface area contributed by atoms with E-state index in [1.54, 1.807) is 0 Å². The van der Waals surface area contributed by atoms with Gasteiger partial charge in [0.15, 0.2) is 0 Å². The summed E-state index contributed by atoms with van der Waals surface area (Å²) in [6.07, 6.45) is 2.84. The Morgan fingerprint density at radius 3 is 2.43 bits per heavy atom. The van der Waals surface area contributed by atoms with Gasteiger partial charge in [0.1, 0.15) is 0 Å². The van der Waals surface area contributed by atoms with E-state index in [-0.39, 0.29) is 16.9 Å². The summed E-state index contributed by atoms with van der Waals surface area (Å²) in [5, 5.41) is 0. The molecule has 114 valence electrons. The maximum atomic E-state index is 13.0. The third-order valence-corrected chi connectivity index (χ3v) is 5.68. The average molecular weight is 351 g/mol. The number of piperidine rings is 1. The molecular formula is C17H23BrN2O. The van der Waals surface area contributed by atoms with Gasteiger partial charge in [-0.1, -0.05) is 41.9 Å². The molecule has 1 atom stereocenters. The molecule has 1 saturated carbocycles. The Morgan fingerprint density at radius 1 is 1.29 bits per heavy atom. The van der Waals surface area contributed by atoms with Crippen molar-refractivity contribution in [3.05, 3.63) is 34.3 Å². The Bertz CT molecular complexity index is 548. The first kappa shape index (κ1) is 15.0. The predicted molar refractivity (Wildman–Crippen MR) is 88.0 cm³/mol. The second-order valence-electron chi connectivity index (χ2n) is 7.20. The van der Waals surface area contributed by atoms with E-state index in [0.717, 1.165) is 42.4 Å². The van der Waals surface area contributed by atoms with Crippen molar-refractivity contribution in [3.8, 4) is 0 Å². The van der Waals surface area contributed by atoms with Crippen LogP contribution in [-0.4, -0.2) is 29.9 Å². The van der Waals surface area contributed by atoms with Gasteiger partial charge in [-0.25, -0.2) is 0 Å². The topological polar surface area (TPSA) is 46.3 Å². The summed E-state index contributed by atoms with van der Waals surface area (Å²) in [5.74, 6) is 0.296. The molecule has 1 saturated heterocycles. The molecule has 0 aromatic heterocycles. The molecule has 1 aliphatic carbocycles. The first-order valence-electron chi connectivity index (χ1n) is 7.66. The number of likely N-dealkylation sites (tertiary alicyclic amines) is 1. The van der Waals surface area contributed by atoms with E-state index in [4.69, 9.17) is 5.73 Å². The van der Waals surface area contributed by atoms with Gasteiger partial charge in [-0.15, -0.1) is 0 Å². The third-order valence-electron chi connectivity index (χ3n) is 5.16. The van der Waals surface area contributed by atoms with Gasteiger partial charge >= 0.3 is 0 Å². The molecule has 3 nitrogen and oxygen atoms in total. The van der Waals surface area contributed by atoms with E-state index < -0.39 is 0 Å². The van der Waals surface area contributed by atoms with E-state index in [0.29, 0.717) is 5.91 Å². The quantitative estimate of drug-likeness (QED) is 0.890. The lowest BCUT2D eigenvalue weighted by Crippen LogP contribution is -2.55. The number of carbonyl (C=O) groups excluding carboxylic acids is 1. The Balaban J connectivity index is 1.80. The van der Waals surface area contributed by atoms with Crippen LogP contribution >= 0.6 is 15.9 Å². The number of carbonyl (C=O) groups is 1. The second kappa shape index (κ2) is 5.10. The SMILES string of the molecule is CC1(C)CN(C(=O)C2(c3ccc(Br)cc3)CC2)CCC1N. The second-order valence-corrected chi connectivity index (χ2v) is 8.12. The zero-order chi connectivity index (χ0) is 15.3. The lowest BCUT2D eigenvalue weighted by Gasteiger charge is -2.43. The van der Waals surface area contributed by atoms with E-state index in [1.165, 1.54) is 0 Å². The molecule has 3 rings (SSSR count). The zero-order valence-corrected chi connectivity index (χ0v) is 14.3. The summed E-state index contributed by atoms with van der Waals surface area (Å²) in [6.45, 7) is 5.89. The smallest absolute Gasteiger partial charge is 0.233 e. The number of amides is 1. The van der Waals surface area contributed by atoms with Crippen LogP contribution in [0.2, 0.25) is 0 Å². The highest BCUT2D eigenvalue weighted by Crippen LogP contribution is 2.50. The van der Waals surface area contributed by atoms with Gasteiger partial charge in [-0.05, 0) is 42.4 Å². The minimum atomic E-state index is -0.266. The first-order chi connectivity index (χ1) is 9.85. The molecular weight excluding hydrogens is 328 g/mol. The van der Waals surface area contributed by atoms with Gasteiger partial charge in [0.2, 0.25) is 5.91 Å². The number of rotatable bonds is 2. The molecule has 2 N–H and O–H groups in total. The molecule has 1 aromatic rings. The predicted octanol–water partition coefficient (Wildman–Crippen LogP) is 3.07. The summed E-state index contributed by atoms with van der Waals surface area (Å²) < 4.78 is 1.06. The Hall–Kier alpha value is -0.870. The lowest BCUT2D eigenvalue weighted by molar-refractivity contribution is -0.137. The van der Waals surface area contributed by atoms with Crippen molar-refractivity contribution in [1.82, 2.24) is 4.90 Å². The number of nitrogens with two attached hydrogens (primary N) is 1. The van der Waals surface area contributed by atoms with Gasteiger partial charge in [0.25, 0.3) is 0 Å². The molecule has 21 heavy (non-hydrogen) atoms. The van der Waals surface area contributed by atoms with Gasteiger partial charge in [0, 0.05) is 23.6 Å². The average Bonchev–Trinajstić information content (AvgIpc) is 3.23. The largest absolute Gasteiger partial charge is 0.341 e. The first-order valence-corrected chi connectivity index (χ1v) is 8.45. The van der Waals surface area contributed by atoms with Crippen LogP contribution < -0.4 is 5.73 Å². The van der Waals surface area contributed by atoms with E-state index in [2.05, 4.69) is 41.9 Å². The van der Waals surface area contributed by atoms with E-state index in [9.17, 15) is 4.79 Å². The molecule has 1 aromatic carbocycles. The van der Waals surface area contributed by atoms with E-state index in [1.807, 2.05) is 17.0 Å². The maximum absolute atomic E-state index is 13.0. The fraction of sp³-hybridized carbons (Fsp3) is 0.588. The normalized spacial score (nSPS) is 26.5. The molecule has 1 amide bonds. The molecule has 0 spiro atoms. The highest BCUT2D eigenvalue weighted by Gasteiger charge is 2.54. The van der Waals surface area contributed by atoms with Crippen molar-refractivity contribution in [2.45, 2.75) is 44.6 Å². The molecule has 1 heterocycles. The molecule has 4 heteroatoms. The zero-order valence-electron chi connectivity index (χ0n) is 12.7. The summed E-state index contributed by atoms with van der Waals surface area (Å²) in [6, 6.07) is 8.40. The minimum Gasteiger partial charge on any atom is -0.341 e. The highest BCUT2D eigenvalue weighted by atomic mass is 79.9. The maximum Gasteiger partial charge on any atom is 0.233 e. The Kier molecular flexibility index (Phi) is 3.65. The number of nitrogens with zero attached hydrogens (tertiary/aromatic N) is 1. The molecule has 2 aliphatic rings. The van der Waals surface area contributed by atoms with Crippen molar-refractivity contribution in [2.24, 2.45) is 11.1 Å². The summed E-state index contributed by atoms with van der Waals surface area (Å²) in [5.41, 5.74) is 7.08. The van der Waals surface area contributed by atoms with Crippen LogP contribution in [0.5, 0.6) is 0 Å². The van der Waals surface area contributed by atoms with Crippen LogP contribution in [0.4, 0.5) is 0 Å². The van der Waals surface area contributed by atoms with Crippen LogP contribution in [0.15, 0.2) is 28.7 Å². The van der Waals surface area contributed by atoms with Crippen molar-refractivity contribution in [3.63, 3.8) is 0 Å². The van der Waals surface area contributed by atoms with Gasteiger partial charge in [-0.2, -0.15) is 0 Å². The Morgan fingerprint density at radius 2 is 1.90 bits per heavy atom. The standard InChI is InChI=1S/C17H23BrN2O/c1-16(2)11-20(10-7-14(16)19)15(21)17(8-9-17)12-3-5-13(18)6-4-12/h3-6,14H,7-11,19H2,1-2H3. The lowest BCUT2D eigenvalue weighted by atomic mass is 9.79. The number of benzene rings is 1. The van der Waals surface area contributed by atoms with E-state index >= 15 is 0 Å². The van der Waals surface area contributed by atoms with Crippen LogP contribution in [0.25, 0.3) is 0 Å². The third kappa shape index (κ3) is 2.64.